The Morgan fingerprint density at radius 2 is 0.950 bits per heavy atom. The number of phenols is 2. The lowest BCUT2D eigenvalue weighted by atomic mass is 9.84. The number of hydrazine groups is 2. The molecule has 16 atom stereocenters. The predicted molar refractivity (Wildman–Crippen MR) is 455 cm³/mol. The first-order valence-electron chi connectivity index (χ1n) is 41.3. The van der Waals surface area contributed by atoms with Gasteiger partial charge < -0.3 is 76.3 Å². The number of aliphatic hydroxyl groups excluding tert-OH is 4. The number of ketones is 2. The molecule has 2 unspecified atom stereocenters. The van der Waals surface area contributed by atoms with Crippen molar-refractivity contribution in [1.82, 2.24) is 42.1 Å². The van der Waals surface area contributed by atoms with Gasteiger partial charge in [-0.05, 0) is 154 Å². The van der Waals surface area contributed by atoms with Gasteiger partial charge in [-0.2, -0.15) is 0 Å². The Labute approximate surface area is 707 Å². The van der Waals surface area contributed by atoms with E-state index in [0.717, 1.165) is 11.1 Å². The number of allylic oxidation sites excluding steroid dienone is 7. The smallest absolute Gasteiger partial charge is 0.325 e. The number of rotatable bonds is 19. The fourth-order valence-electron chi connectivity index (χ4n) is 14.3. The van der Waals surface area contributed by atoms with Crippen LogP contribution in [0.2, 0.25) is 0 Å². The third-order valence-corrected chi connectivity index (χ3v) is 21.7. The summed E-state index contributed by atoms with van der Waals surface area (Å²) >= 11 is 0. The molecule has 4 aliphatic rings. The Balaban J connectivity index is 0.000000344. The molecular weight excluding hydrogens is 1550 g/mol. The van der Waals surface area contributed by atoms with Crippen LogP contribution in [0.1, 0.15) is 145 Å². The molecule has 0 radical (unpaired) electrons. The van der Waals surface area contributed by atoms with Gasteiger partial charge in [0.2, 0.25) is 29.5 Å². The maximum Gasteiger partial charge on any atom is 0.325 e. The van der Waals surface area contributed by atoms with Gasteiger partial charge >= 0.3 is 11.9 Å². The summed E-state index contributed by atoms with van der Waals surface area (Å²) in [5.74, 6) is -11.2. The average Bonchev–Trinajstić information content (AvgIpc) is 0.819. The van der Waals surface area contributed by atoms with Crippen molar-refractivity contribution < 1.29 is 97.6 Å². The van der Waals surface area contributed by atoms with E-state index in [9.17, 15) is 88.2 Å². The first-order valence-corrected chi connectivity index (χ1v) is 41.3. The first kappa shape index (κ1) is 96.8. The van der Waals surface area contributed by atoms with Crippen LogP contribution in [0.5, 0.6) is 11.5 Å². The van der Waals surface area contributed by atoms with Gasteiger partial charge in [-0.3, -0.25) is 58.0 Å². The maximum atomic E-state index is 14.4. The zero-order chi connectivity index (χ0) is 88.6. The predicted octanol–water partition coefficient (Wildman–Crippen LogP) is 7.61. The fraction of sp³-hybridized carbons (Fsp3) is 0.457. The van der Waals surface area contributed by atoms with E-state index in [0.29, 0.717) is 59.9 Å². The Morgan fingerprint density at radius 1 is 0.529 bits per heavy atom. The highest BCUT2D eigenvalue weighted by atomic mass is 16.6. The summed E-state index contributed by atoms with van der Waals surface area (Å²) in [6.45, 7) is 16.5. The van der Waals surface area contributed by atoms with Crippen molar-refractivity contribution in [3.8, 4) is 22.6 Å². The Morgan fingerprint density at radius 3 is 1.36 bits per heavy atom. The van der Waals surface area contributed by atoms with Crippen LogP contribution in [-0.4, -0.2) is 198 Å². The zero-order valence-corrected chi connectivity index (χ0v) is 70.4. The average molecular weight is 1670 g/mol. The topological polar surface area (TPSA) is 435 Å². The van der Waals surface area contributed by atoms with E-state index < -0.39 is 156 Å². The van der Waals surface area contributed by atoms with Crippen molar-refractivity contribution >= 4 is 76.8 Å². The summed E-state index contributed by atoms with van der Waals surface area (Å²) in [7, 11) is 0. The number of hydrogen-bond donors (Lipinski definition) is 13. The molecule has 2 fully saturated rings. The summed E-state index contributed by atoms with van der Waals surface area (Å²) in [6.07, 6.45) is 13.8. The monoisotopic (exact) mass is 1670 g/mol. The molecular formula is C92H119N9O20. The fourth-order valence-corrected chi connectivity index (χ4v) is 14.3. The Hall–Kier alpha value is -11.3. The number of esters is 2. The molecule has 0 spiro atoms. The van der Waals surface area contributed by atoms with E-state index in [1.54, 1.807) is 128 Å². The molecule has 4 aromatic carbocycles. The number of phenolic OH excluding ortho intramolecular Hbond substituents is 2. The van der Waals surface area contributed by atoms with Crippen LogP contribution < -0.4 is 37.4 Å². The zero-order valence-electron chi connectivity index (χ0n) is 70.4. The Kier molecular flexibility index (Phi) is 38.5. The minimum atomic E-state index is -1.43. The summed E-state index contributed by atoms with van der Waals surface area (Å²) in [5, 5.41) is 81.8. The van der Waals surface area contributed by atoms with E-state index in [1.165, 1.54) is 72.4 Å². The molecule has 29 nitrogen and oxygen atoms in total. The van der Waals surface area contributed by atoms with E-state index >= 15 is 0 Å². The maximum absolute atomic E-state index is 14.4. The number of carbonyl (C=O) groups excluding carboxylic acids is 12. The SMILES string of the molecule is CC(=O)CC[C@H]1C(=O)N[C@@H](C(C)C)C(=O)N[C@@H](Cc2cccc(O)c2)C(=O)N2CCCC(N2)C(=O)O[C@H](/C(C)=C/C=C/C(=O)Nc2ccc(-c3ccccc3)cc2)C/C=C/C=C/[C@H](O)[C@H](C)[C@H]1O.CC(=O)CC[C@H]1C(=O)N[C@@H](C(C)C)C(=O)N[C@@H](Cc2cccc(O)c2)C(=O)N2CCCC(N2)C(=O)O[C@H](/C(C)=C/C=O)C/C=C/C=C/[C@H](O)[C@H](C)[C@H]1O. The number of nitrogens with one attached hydrogen (secondary N) is 7. The number of aromatic hydroxyl groups is 2. The van der Waals surface area contributed by atoms with E-state index in [1.807, 2.05) is 54.6 Å². The first-order chi connectivity index (χ1) is 57.6. The van der Waals surface area contributed by atoms with Crippen LogP contribution in [-0.2, 0) is 79.8 Å². The van der Waals surface area contributed by atoms with Gasteiger partial charge in [0.25, 0.3) is 11.8 Å². The molecule has 7 amide bonds. The third kappa shape index (κ3) is 30.4. The lowest BCUT2D eigenvalue weighted by molar-refractivity contribution is -0.157. The molecule has 121 heavy (non-hydrogen) atoms. The molecule has 652 valence electrons. The molecule has 0 saturated carbocycles. The molecule has 4 bridgehead atoms. The molecule has 2 saturated heterocycles. The number of anilines is 1. The van der Waals surface area contributed by atoms with Crippen molar-refractivity contribution in [3.05, 3.63) is 198 Å². The number of fused-ring (bicyclic) bond motifs is 4. The number of carbonyl (C=O) groups is 12. The largest absolute Gasteiger partial charge is 0.508 e. The number of amides is 7. The number of aliphatic hydroxyl groups is 4. The number of Topliss-reactive ketones (excluding diaryl/α,β-unsaturated/α-hetero) is 2. The second kappa shape index (κ2) is 48.2. The highest BCUT2D eigenvalue weighted by molar-refractivity contribution is 6.00. The van der Waals surface area contributed by atoms with Gasteiger partial charge in [-0.15, -0.1) is 0 Å². The van der Waals surface area contributed by atoms with Crippen molar-refractivity contribution in [2.75, 3.05) is 18.4 Å². The molecule has 4 heterocycles. The molecule has 4 aromatic rings. The van der Waals surface area contributed by atoms with Gasteiger partial charge in [0.15, 0.2) is 0 Å². The van der Waals surface area contributed by atoms with Gasteiger partial charge in [0, 0.05) is 75.2 Å². The van der Waals surface area contributed by atoms with Gasteiger partial charge in [-0.25, -0.2) is 10.9 Å². The quantitative estimate of drug-likeness (QED) is 0.0186. The molecule has 13 N–H and O–H groups in total. The van der Waals surface area contributed by atoms with Crippen molar-refractivity contribution in [2.24, 2.45) is 35.5 Å². The van der Waals surface area contributed by atoms with Crippen molar-refractivity contribution in [2.45, 2.75) is 219 Å². The second-order valence-electron chi connectivity index (χ2n) is 32.0. The van der Waals surface area contributed by atoms with Crippen molar-refractivity contribution in [3.63, 3.8) is 0 Å². The van der Waals surface area contributed by atoms with Crippen LogP contribution >= 0.6 is 0 Å². The summed E-state index contributed by atoms with van der Waals surface area (Å²) in [4.78, 5) is 160. The number of cyclic esters (lactones) is 2. The van der Waals surface area contributed by atoms with Crippen LogP contribution in [0, 0.1) is 35.5 Å². The van der Waals surface area contributed by atoms with Gasteiger partial charge in [0.05, 0.1) is 36.3 Å². The molecule has 4 aliphatic heterocycles. The lowest BCUT2D eigenvalue weighted by Gasteiger charge is -2.36. The molecule has 8 rings (SSSR count). The van der Waals surface area contributed by atoms with Crippen LogP contribution in [0.3, 0.4) is 0 Å². The van der Waals surface area contributed by atoms with E-state index in [4.69, 9.17) is 9.47 Å². The second-order valence-corrected chi connectivity index (χ2v) is 32.0. The number of benzene rings is 4. The van der Waals surface area contributed by atoms with Crippen LogP contribution in [0.15, 0.2) is 187 Å². The lowest BCUT2D eigenvalue weighted by Crippen LogP contribution is -2.62. The number of hydrogen-bond acceptors (Lipinski definition) is 22. The highest BCUT2D eigenvalue weighted by Crippen LogP contribution is 2.29. The highest BCUT2D eigenvalue weighted by Gasteiger charge is 2.42. The third-order valence-electron chi connectivity index (χ3n) is 21.7. The van der Waals surface area contributed by atoms with Gasteiger partial charge in [-0.1, -0.05) is 169 Å². The van der Waals surface area contributed by atoms with Crippen LogP contribution in [0.4, 0.5) is 5.69 Å². The number of nitrogens with zero attached hydrogens (tertiary/aromatic N) is 2. The summed E-state index contributed by atoms with van der Waals surface area (Å²) < 4.78 is 11.9. The molecule has 29 heteroatoms. The summed E-state index contributed by atoms with van der Waals surface area (Å²) in [5.41, 5.74) is 10.8. The van der Waals surface area contributed by atoms with Gasteiger partial charge in [0.1, 0.15) is 77.8 Å². The minimum absolute atomic E-state index is 0.0247. The standard InChI is InChI=1S/C53H65N5O10.C39H54N4O10/c1-33(2)48-51(65)55-44(32-37-16-13-19-41(60)31-37)52(66)58-30-14-20-43(57-58)53(67)68-46(22-11-7-10-21-45(61)36(5)49(63)42(50(64)56-48)29-24-35(4)59)34(3)15-12-23-47(62)54-40-27-25-39(26-28-40)38-17-8-6-9-18-38;1-23(2)34-37(50)40-31(22-27-11-9-12-28(46)21-27)38(51)43-19-10-13-30(42-43)39(52)53-33(24(3)18-20-44)15-8-6-7-14-32(47)26(5)35(48)29(36(49)41-34)17-16-25(4)45/h6-13,15-19,21,23,25-28,31,33,36,42-46,48-49,57,60-61,63H,14,20,22,24,29-30,32H2,1-5H3,(H,54,62)(H,55,65)(H,56,64);6-9,11-12,14,18,20-21,23,26,29-35,42,46-48H,10,13,15-17,19,22H2,1-5H3,(H,40,50)(H,41,49)/b11-7+,21-10+,23-12+,34-15+;8-6+,14-7+,24-18+/t36-,42+,43?,44-,45-,46-,48-,49+;26-,29+,30?,31-,32-,33-,34-,35+/m00/s1. The van der Waals surface area contributed by atoms with E-state index in [2.05, 4.69) is 37.4 Å². The number of aldehydes is 1. The molecule has 0 aromatic heterocycles. The van der Waals surface area contributed by atoms with E-state index in [-0.39, 0.29) is 93.4 Å². The molecule has 0 aliphatic carbocycles. The van der Waals surface area contributed by atoms with Crippen LogP contribution in [0.25, 0.3) is 11.1 Å². The normalized spacial score (nSPS) is 27.6. The minimum Gasteiger partial charge on any atom is -0.508 e. The van der Waals surface area contributed by atoms with Crippen molar-refractivity contribution in [1.29, 1.82) is 0 Å². The number of ether oxygens (including phenoxy) is 2. The summed E-state index contributed by atoms with van der Waals surface area (Å²) in [6, 6.07) is 23.1. The Bertz CT molecular complexity index is 4440.